The highest BCUT2D eigenvalue weighted by Gasteiger charge is 2.60. The zero-order valence-electron chi connectivity index (χ0n) is 19.5. The van der Waals surface area contributed by atoms with Gasteiger partial charge in [-0.15, -0.1) is 11.3 Å². The van der Waals surface area contributed by atoms with E-state index in [0.717, 1.165) is 15.5 Å². The summed E-state index contributed by atoms with van der Waals surface area (Å²) < 4.78 is 8.29. The molecule has 2 N–H and O–H groups in total. The van der Waals surface area contributed by atoms with Crippen LogP contribution in [0, 0.1) is 11.8 Å². The Morgan fingerprint density at radius 2 is 2.03 bits per heavy atom. The molecule has 0 aliphatic carbocycles. The predicted octanol–water partition coefficient (Wildman–Crippen LogP) is 3.57. The molecule has 4 rings (SSSR count). The van der Waals surface area contributed by atoms with E-state index in [9.17, 15) is 19.8 Å². The van der Waals surface area contributed by atoms with Crippen molar-refractivity contribution in [3.8, 4) is 0 Å². The topological polar surface area (TPSA) is 104 Å². The van der Waals surface area contributed by atoms with Gasteiger partial charge in [-0.05, 0) is 25.1 Å². The number of carbonyl (C=O) groups is 2. The van der Waals surface area contributed by atoms with Gasteiger partial charge in [0.25, 0.3) is 0 Å². The van der Waals surface area contributed by atoms with Crippen LogP contribution < -0.4 is 0 Å². The molecule has 10 heteroatoms. The van der Waals surface area contributed by atoms with Gasteiger partial charge in [-0.1, -0.05) is 27.7 Å². The van der Waals surface area contributed by atoms with Crippen molar-refractivity contribution in [1.29, 1.82) is 0 Å². The van der Waals surface area contributed by atoms with E-state index >= 15 is 0 Å². The van der Waals surface area contributed by atoms with Crippen LogP contribution in [-0.4, -0.2) is 56.8 Å². The minimum absolute atomic E-state index is 0.0286. The average Bonchev–Trinajstić information content (AvgIpc) is 3.29. The van der Waals surface area contributed by atoms with Crippen LogP contribution in [0.4, 0.5) is 0 Å². The molecule has 4 heterocycles. The van der Waals surface area contributed by atoms with Gasteiger partial charge in [0.2, 0.25) is 5.91 Å². The molecule has 8 nitrogen and oxygen atoms in total. The van der Waals surface area contributed by atoms with Crippen molar-refractivity contribution < 1.29 is 24.2 Å². The molecule has 0 bridgehead atoms. The predicted molar refractivity (Wildman–Crippen MR) is 125 cm³/mol. The second kappa shape index (κ2) is 7.51. The highest BCUT2D eigenvalue weighted by atomic mass is 32.1. The van der Waals surface area contributed by atoms with Crippen LogP contribution in [0.5, 0.6) is 0 Å². The lowest BCUT2D eigenvalue weighted by molar-refractivity contribution is -0.163. The Kier molecular flexibility index (Phi) is 5.43. The molecular weight excluding hydrogens is 446 g/mol. The van der Waals surface area contributed by atoms with E-state index in [2.05, 4.69) is 38.8 Å². The third-order valence-electron chi connectivity index (χ3n) is 7.31. The number of imidazole rings is 1. The lowest BCUT2D eigenvalue weighted by atomic mass is 9.77. The number of aliphatic carboxylic acids is 1. The van der Waals surface area contributed by atoms with Gasteiger partial charge < -0.3 is 19.5 Å². The van der Waals surface area contributed by atoms with Gasteiger partial charge in [-0.2, -0.15) is 0 Å². The smallest absolute Gasteiger partial charge is 0.352 e. The fourth-order valence-corrected chi connectivity index (χ4v) is 6.50. The molecule has 4 atom stereocenters. The lowest BCUT2D eigenvalue weighted by Crippen LogP contribution is -2.63. The number of β-lactam (4-membered cyclic amide) rings is 1. The first-order valence-corrected chi connectivity index (χ1v) is 14.6. The van der Waals surface area contributed by atoms with Crippen molar-refractivity contribution in [2.24, 2.45) is 11.8 Å². The first-order chi connectivity index (χ1) is 14.8. The molecule has 2 aliphatic heterocycles. The molecule has 0 saturated carbocycles. The van der Waals surface area contributed by atoms with E-state index in [1.54, 1.807) is 13.1 Å². The number of rotatable bonds is 6. The minimum atomic E-state index is -1.95. The Balaban J connectivity index is 1.69. The standard InChI is InChI=1S/C22H31N3O5SSi/c1-11-16(19(21(28)29)25-18(11)17(12(2)26)20(25)27)13-9-24-14(23-8-15(24)31-13)10-30-32(6,7)22(3,4)5/h8-9,11-12,17-18,26H,10H2,1-7H3,(H,28,29)/t11-,12+,17+,18+/m0/s1. The maximum absolute atomic E-state index is 12.6. The molecule has 32 heavy (non-hydrogen) atoms. The Labute approximate surface area is 192 Å². The number of amides is 1. The van der Waals surface area contributed by atoms with Gasteiger partial charge in [0.05, 0.1) is 35.7 Å². The number of hydrogen-bond acceptors (Lipinski definition) is 6. The van der Waals surface area contributed by atoms with E-state index in [1.807, 2.05) is 17.5 Å². The number of aromatic nitrogens is 2. The number of nitrogens with zero attached hydrogens (tertiary/aromatic N) is 3. The number of thiazole rings is 1. The van der Waals surface area contributed by atoms with Gasteiger partial charge in [0.1, 0.15) is 16.4 Å². The van der Waals surface area contributed by atoms with Crippen molar-refractivity contribution in [2.75, 3.05) is 0 Å². The second-order valence-corrected chi connectivity index (χ2v) is 16.2. The van der Waals surface area contributed by atoms with Gasteiger partial charge in [0.15, 0.2) is 8.32 Å². The summed E-state index contributed by atoms with van der Waals surface area (Å²) in [6.45, 7) is 14.9. The van der Waals surface area contributed by atoms with E-state index in [0.29, 0.717) is 12.2 Å². The zero-order chi connectivity index (χ0) is 23.7. The van der Waals surface area contributed by atoms with E-state index in [-0.39, 0.29) is 28.6 Å². The fourth-order valence-electron chi connectivity index (χ4n) is 4.44. The summed E-state index contributed by atoms with van der Waals surface area (Å²) >= 11 is 1.46. The largest absolute Gasteiger partial charge is 0.477 e. The molecular formula is C22H31N3O5SSi. The Bertz CT molecular complexity index is 1130. The monoisotopic (exact) mass is 477 g/mol. The second-order valence-electron chi connectivity index (χ2n) is 10.3. The number of carbonyl (C=O) groups excluding carboxylic acids is 1. The molecule has 1 amide bonds. The van der Waals surface area contributed by atoms with Gasteiger partial charge in [-0.3, -0.25) is 9.20 Å². The Morgan fingerprint density at radius 3 is 2.59 bits per heavy atom. The van der Waals surface area contributed by atoms with Crippen LogP contribution in [0.25, 0.3) is 10.4 Å². The van der Waals surface area contributed by atoms with E-state index in [4.69, 9.17) is 4.43 Å². The van der Waals surface area contributed by atoms with Crippen LogP contribution in [0.1, 0.15) is 45.3 Å². The number of carboxylic acid groups (broad SMARTS) is 1. The van der Waals surface area contributed by atoms with Gasteiger partial charge in [0, 0.05) is 17.7 Å². The van der Waals surface area contributed by atoms with Crippen molar-refractivity contribution in [3.63, 3.8) is 0 Å². The third kappa shape index (κ3) is 3.35. The van der Waals surface area contributed by atoms with Crippen LogP contribution >= 0.6 is 11.3 Å². The third-order valence-corrected chi connectivity index (χ3v) is 12.8. The molecule has 0 unspecified atom stereocenters. The highest BCUT2D eigenvalue weighted by molar-refractivity contribution is 7.18. The molecule has 0 aromatic carbocycles. The lowest BCUT2D eigenvalue weighted by Gasteiger charge is -2.46. The molecule has 1 saturated heterocycles. The van der Waals surface area contributed by atoms with Crippen LogP contribution in [0.3, 0.4) is 0 Å². The van der Waals surface area contributed by atoms with Crippen molar-refractivity contribution in [3.05, 3.63) is 28.8 Å². The summed E-state index contributed by atoms with van der Waals surface area (Å²) in [6.07, 6.45) is 2.86. The minimum Gasteiger partial charge on any atom is -0.477 e. The van der Waals surface area contributed by atoms with E-state index < -0.39 is 26.3 Å². The molecule has 2 aromatic rings. The fraction of sp³-hybridized carbons (Fsp3) is 0.591. The number of carboxylic acids is 1. The number of aliphatic hydroxyl groups excluding tert-OH is 1. The Morgan fingerprint density at radius 1 is 1.38 bits per heavy atom. The number of aliphatic hydroxyl groups is 1. The molecule has 0 spiro atoms. The van der Waals surface area contributed by atoms with Gasteiger partial charge >= 0.3 is 5.97 Å². The summed E-state index contributed by atoms with van der Waals surface area (Å²) in [5, 5.41) is 20.1. The quantitative estimate of drug-likeness (QED) is 0.487. The first kappa shape index (κ1) is 23.2. The SMILES string of the molecule is C[C@@H](O)[C@H]1C(=O)N2C(C(=O)O)=C(c3cn4c(CO[Si](C)(C)C(C)(C)C)ncc4s3)[C@H](C)[C@H]12. The summed E-state index contributed by atoms with van der Waals surface area (Å²) in [5.74, 6) is -1.43. The first-order valence-electron chi connectivity index (χ1n) is 10.8. The van der Waals surface area contributed by atoms with Crippen LogP contribution in [-0.2, 0) is 20.6 Å². The van der Waals surface area contributed by atoms with Crippen molar-refractivity contribution in [1.82, 2.24) is 14.3 Å². The normalized spacial score (nSPS) is 24.8. The molecule has 2 aliphatic rings. The molecule has 1 fully saturated rings. The summed E-state index contributed by atoms with van der Waals surface area (Å²) in [7, 11) is -1.95. The van der Waals surface area contributed by atoms with Crippen LogP contribution in [0.15, 0.2) is 18.1 Å². The zero-order valence-corrected chi connectivity index (χ0v) is 21.4. The maximum Gasteiger partial charge on any atom is 0.352 e. The van der Waals surface area contributed by atoms with Crippen molar-refractivity contribution in [2.45, 2.75) is 71.5 Å². The molecule has 0 radical (unpaired) electrons. The summed E-state index contributed by atoms with van der Waals surface area (Å²) in [4.78, 5) is 32.3. The Hall–Kier alpha value is -2.01. The molecule has 174 valence electrons. The number of fused-ring (bicyclic) bond motifs is 2. The maximum atomic E-state index is 12.6. The van der Waals surface area contributed by atoms with E-state index in [1.165, 1.54) is 16.2 Å². The summed E-state index contributed by atoms with van der Waals surface area (Å²) in [5.41, 5.74) is 0.671. The molecule has 2 aromatic heterocycles. The number of hydrogen-bond donors (Lipinski definition) is 2. The highest BCUT2D eigenvalue weighted by Crippen LogP contribution is 2.51. The summed E-state index contributed by atoms with van der Waals surface area (Å²) in [6, 6.07) is -0.329. The van der Waals surface area contributed by atoms with Crippen molar-refractivity contribution >= 4 is 41.9 Å². The van der Waals surface area contributed by atoms with Gasteiger partial charge in [-0.25, -0.2) is 9.78 Å². The van der Waals surface area contributed by atoms with Crippen LogP contribution in [0.2, 0.25) is 18.1 Å². The average molecular weight is 478 g/mol.